The number of benzene rings is 1. The van der Waals surface area contributed by atoms with Gasteiger partial charge in [0.1, 0.15) is 0 Å². The molecular weight excluding hydrogens is 511 g/mol. The van der Waals surface area contributed by atoms with Crippen LogP contribution in [0.25, 0.3) is 0 Å². The van der Waals surface area contributed by atoms with Crippen LogP contribution in [0.3, 0.4) is 0 Å². The predicted octanol–water partition coefficient (Wildman–Crippen LogP) is 4.51. The summed E-state index contributed by atoms with van der Waals surface area (Å²) in [4.78, 5) is 27.6. The summed E-state index contributed by atoms with van der Waals surface area (Å²) in [5, 5.41) is 11.0. The molecule has 0 aliphatic carbocycles. The van der Waals surface area contributed by atoms with Crippen molar-refractivity contribution < 1.29 is 9.59 Å². The second-order valence-corrected chi connectivity index (χ2v) is 9.30. The number of hydrogen-bond donors (Lipinski definition) is 1. The van der Waals surface area contributed by atoms with Crippen molar-refractivity contribution in [2.75, 3.05) is 5.32 Å². The molecule has 0 bridgehead atoms. The maximum atomic E-state index is 12.9. The number of carbonyl (C=O) groups is 2. The fraction of sp³-hybridized carbons (Fsp3) is 0.158. The van der Waals surface area contributed by atoms with Gasteiger partial charge in [0.05, 0.1) is 27.0 Å². The van der Waals surface area contributed by atoms with Gasteiger partial charge < -0.3 is 10.2 Å². The summed E-state index contributed by atoms with van der Waals surface area (Å²) in [6, 6.07) is 11.3. The van der Waals surface area contributed by atoms with Gasteiger partial charge in [-0.3, -0.25) is 9.59 Å². The Hall–Kier alpha value is -2.04. The molecule has 6 nitrogen and oxygen atoms in total. The monoisotopic (exact) mass is 524 g/mol. The molecule has 0 spiro atoms. The predicted molar refractivity (Wildman–Crippen MR) is 117 cm³/mol. The van der Waals surface area contributed by atoms with Crippen LogP contribution in [0.1, 0.15) is 36.9 Å². The Morgan fingerprint density at radius 3 is 2.86 bits per heavy atom. The van der Waals surface area contributed by atoms with Crippen LogP contribution < -0.4 is 5.32 Å². The molecule has 1 N–H and O–H groups in total. The average molecular weight is 525 g/mol. The van der Waals surface area contributed by atoms with E-state index in [1.165, 1.54) is 11.3 Å². The summed E-state index contributed by atoms with van der Waals surface area (Å²) in [5.41, 5.74) is 2.81. The van der Waals surface area contributed by atoms with E-state index in [-0.39, 0.29) is 11.8 Å². The Bertz CT molecular complexity index is 1100. The van der Waals surface area contributed by atoms with Crippen molar-refractivity contribution in [2.45, 2.75) is 20.0 Å². The molecular formula is C19H14ClIN4O2S. The Morgan fingerprint density at radius 1 is 1.32 bits per heavy atom. The van der Waals surface area contributed by atoms with Crippen LogP contribution in [-0.4, -0.2) is 26.9 Å². The lowest BCUT2D eigenvalue weighted by Gasteiger charge is -2.16. The first kappa shape index (κ1) is 19.3. The first-order valence-electron chi connectivity index (χ1n) is 8.39. The number of fused-ring (bicyclic) bond motifs is 1. The molecule has 9 heteroatoms. The number of anilines is 1. The largest absolute Gasteiger partial charge is 0.330 e. The number of halogens is 2. The maximum absolute atomic E-state index is 12.9. The SMILES string of the molecule is Cc1nnc(NC(=O)c2ccc(Cl)s2)c2c1C(=O)N(Cc1cccc(I)c1)C2. The zero-order chi connectivity index (χ0) is 19.8. The fourth-order valence-electron chi connectivity index (χ4n) is 3.12. The molecule has 2 amide bonds. The van der Waals surface area contributed by atoms with Crippen LogP contribution in [-0.2, 0) is 13.1 Å². The Morgan fingerprint density at radius 2 is 2.14 bits per heavy atom. The molecule has 4 rings (SSSR count). The summed E-state index contributed by atoms with van der Waals surface area (Å²) >= 11 is 9.34. The summed E-state index contributed by atoms with van der Waals surface area (Å²) in [6.45, 7) is 2.61. The number of nitrogens with one attached hydrogen (secondary N) is 1. The quantitative estimate of drug-likeness (QED) is 0.510. The first-order chi connectivity index (χ1) is 13.4. The van der Waals surface area contributed by atoms with Gasteiger partial charge in [-0.1, -0.05) is 23.7 Å². The Labute approximate surface area is 184 Å². The van der Waals surface area contributed by atoms with Crippen molar-refractivity contribution in [1.82, 2.24) is 15.1 Å². The molecule has 0 radical (unpaired) electrons. The number of hydrogen-bond acceptors (Lipinski definition) is 5. The van der Waals surface area contributed by atoms with Gasteiger partial charge in [-0.05, 0) is 59.3 Å². The molecule has 3 aromatic rings. The van der Waals surface area contributed by atoms with Gasteiger partial charge in [-0.25, -0.2) is 0 Å². The number of aryl methyl sites for hydroxylation is 1. The summed E-state index contributed by atoms with van der Waals surface area (Å²) in [7, 11) is 0. The third-order valence-electron chi connectivity index (χ3n) is 4.39. The van der Waals surface area contributed by atoms with Crippen molar-refractivity contribution >= 4 is 63.2 Å². The lowest BCUT2D eigenvalue weighted by molar-refractivity contribution is 0.0766. The average Bonchev–Trinajstić information content (AvgIpc) is 3.22. The van der Waals surface area contributed by atoms with Gasteiger partial charge in [0.2, 0.25) is 0 Å². The van der Waals surface area contributed by atoms with E-state index in [4.69, 9.17) is 11.6 Å². The van der Waals surface area contributed by atoms with Gasteiger partial charge in [-0.15, -0.1) is 16.4 Å². The summed E-state index contributed by atoms with van der Waals surface area (Å²) in [5.74, 6) is -0.106. The molecule has 3 heterocycles. The van der Waals surface area contributed by atoms with Crippen molar-refractivity contribution in [3.63, 3.8) is 0 Å². The second-order valence-electron chi connectivity index (χ2n) is 6.34. The zero-order valence-corrected chi connectivity index (χ0v) is 18.4. The molecule has 2 aromatic heterocycles. The molecule has 1 aliphatic rings. The lowest BCUT2D eigenvalue weighted by Crippen LogP contribution is -2.23. The first-order valence-corrected chi connectivity index (χ1v) is 10.7. The number of aromatic nitrogens is 2. The molecule has 1 aromatic carbocycles. The topological polar surface area (TPSA) is 75.2 Å². The molecule has 0 unspecified atom stereocenters. The number of nitrogens with zero attached hydrogens (tertiary/aromatic N) is 3. The van der Waals surface area contributed by atoms with E-state index in [0.717, 1.165) is 9.13 Å². The molecule has 0 atom stereocenters. The molecule has 142 valence electrons. The van der Waals surface area contributed by atoms with Gasteiger partial charge in [-0.2, -0.15) is 5.10 Å². The fourth-order valence-corrected chi connectivity index (χ4v) is 4.67. The lowest BCUT2D eigenvalue weighted by atomic mass is 10.1. The van der Waals surface area contributed by atoms with E-state index >= 15 is 0 Å². The molecule has 28 heavy (non-hydrogen) atoms. The van der Waals surface area contributed by atoms with Gasteiger partial charge in [0.15, 0.2) is 5.82 Å². The smallest absolute Gasteiger partial charge is 0.266 e. The summed E-state index contributed by atoms with van der Waals surface area (Å²) < 4.78 is 1.64. The standard InChI is InChI=1S/C19H14ClIN4O2S/c1-10-16-13(9-25(19(16)27)8-11-3-2-4-12(21)7-11)17(24-23-10)22-18(26)14-5-6-15(20)28-14/h2-7H,8-9H2,1H3,(H,22,24,26). The highest BCUT2D eigenvalue weighted by atomic mass is 127. The van der Waals surface area contributed by atoms with Crippen LogP contribution in [0.2, 0.25) is 4.34 Å². The Balaban J connectivity index is 1.61. The van der Waals surface area contributed by atoms with Crippen LogP contribution in [0.5, 0.6) is 0 Å². The normalized spacial score (nSPS) is 13.0. The van der Waals surface area contributed by atoms with Crippen molar-refractivity contribution in [3.05, 3.63) is 71.6 Å². The minimum atomic E-state index is -0.319. The minimum Gasteiger partial charge on any atom is -0.330 e. The highest BCUT2D eigenvalue weighted by Gasteiger charge is 2.33. The summed E-state index contributed by atoms with van der Waals surface area (Å²) in [6.07, 6.45) is 0. The second kappa shape index (κ2) is 7.76. The van der Waals surface area contributed by atoms with E-state index in [1.807, 2.05) is 24.3 Å². The van der Waals surface area contributed by atoms with Crippen molar-refractivity contribution in [1.29, 1.82) is 0 Å². The maximum Gasteiger partial charge on any atom is 0.266 e. The van der Waals surface area contributed by atoms with Gasteiger partial charge in [0, 0.05) is 15.7 Å². The number of carbonyl (C=O) groups excluding carboxylic acids is 2. The van der Waals surface area contributed by atoms with E-state index in [0.29, 0.717) is 44.9 Å². The van der Waals surface area contributed by atoms with Crippen LogP contribution in [0, 0.1) is 10.5 Å². The molecule has 1 aliphatic heterocycles. The minimum absolute atomic E-state index is 0.101. The van der Waals surface area contributed by atoms with E-state index in [2.05, 4.69) is 38.1 Å². The highest BCUT2D eigenvalue weighted by molar-refractivity contribution is 14.1. The molecule has 0 saturated carbocycles. The number of thiophene rings is 1. The van der Waals surface area contributed by atoms with E-state index in [9.17, 15) is 9.59 Å². The van der Waals surface area contributed by atoms with Crippen molar-refractivity contribution in [2.24, 2.45) is 0 Å². The third-order valence-corrected chi connectivity index (χ3v) is 6.29. The van der Waals surface area contributed by atoms with Crippen LogP contribution in [0.4, 0.5) is 5.82 Å². The van der Waals surface area contributed by atoms with Crippen LogP contribution in [0.15, 0.2) is 36.4 Å². The van der Waals surface area contributed by atoms with E-state index in [1.54, 1.807) is 24.0 Å². The number of rotatable bonds is 4. The Kier molecular flexibility index (Phi) is 5.35. The van der Waals surface area contributed by atoms with Crippen molar-refractivity contribution in [3.8, 4) is 0 Å². The van der Waals surface area contributed by atoms with E-state index < -0.39 is 0 Å². The zero-order valence-electron chi connectivity index (χ0n) is 14.7. The highest BCUT2D eigenvalue weighted by Crippen LogP contribution is 2.31. The van der Waals surface area contributed by atoms with Crippen LogP contribution >= 0.6 is 45.5 Å². The van der Waals surface area contributed by atoms with Gasteiger partial charge in [0.25, 0.3) is 11.8 Å². The van der Waals surface area contributed by atoms with Gasteiger partial charge >= 0.3 is 0 Å². The molecule has 0 saturated heterocycles. The number of amides is 2. The third kappa shape index (κ3) is 3.76. The molecule has 0 fully saturated rings.